The first-order valence-electron chi connectivity index (χ1n) is 8.46. The third-order valence-electron chi connectivity index (χ3n) is 4.11. The van der Waals surface area contributed by atoms with Gasteiger partial charge in [0.1, 0.15) is 12.4 Å². The highest BCUT2D eigenvalue weighted by molar-refractivity contribution is 5.95. The van der Waals surface area contributed by atoms with Crippen molar-refractivity contribution in [1.29, 1.82) is 0 Å². The van der Waals surface area contributed by atoms with Crippen LogP contribution in [0.15, 0.2) is 48.5 Å². The molecule has 2 amide bonds. The molecule has 0 bridgehead atoms. The second kappa shape index (κ2) is 7.83. The molecule has 1 heterocycles. The van der Waals surface area contributed by atoms with E-state index in [1.807, 2.05) is 43.3 Å². The molecule has 0 spiro atoms. The smallest absolute Gasteiger partial charge is 0.243 e. The average Bonchev–Trinajstić information content (AvgIpc) is 2.98. The maximum Gasteiger partial charge on any atom is 0.243 e. The summed E-state index contributed by atoms with van der Waals surface area (Å²) in [7, 11) is 0. The number of aryl methyl sites for hydroxylation is 1. The van der Waals surface area contributed by atoms with E-state index >= 15 is 0 Å². The number of likely N-dealkylation sites (tertiary alicyclic amines) is 1. The molecule has 5 heteroatoms. The van der Waals surface area contributed by atoms with E-state index in [4.69, 9.17) is 4.74 Å². The Labute approximate surface area is 147 Å². The Kier molecular flexibility index (Phi) is 5.33. The van der Waals surface area contributed by atoms with Crippen LogP contribution in [0.4, 0.5) is 5.69 Å². The number of ether oxygens (including phenoxy) is 1. The molecule has 1 aliphatic rings. The minimum atomic E-state index is -0.189. The monoisotopic (exact) mass is 338 g/mol. The van der Waals surface area contributed by atoms with Gasteiger partial charge in [0.15, 0.2) is 0 Å². The van der Waals surface area contributed by atoms with Crippen molar-refractivity contribution in [1.82, 2.24) is 4.90 Å². The zero-order valence-electron chi connectivity index (χ0n) is 14.3. The number of rotatable bonds is 6. The van der Waals surface area contributed by atoms with Crippen LogP contribution < -0.4 is 10.1 Å². The predicted molar refractivity (Wildman–Crippen MR) is 96.4 cm³/mol. The van der Waals surface area contributed by atoms with E-state index in [9.17, 15) is 9.59 Å². The Morgan fingerprint density at radius 3 is 2.80 bits per heavy atom. The van der Waals surface area contributed by atoms with Crippen molar-refractivity contribution in [3.8, 4) is 5.75 Å². The molecule has 1 N–H and O–H groups in total. The first kappa shape index (κ1) is 17.0. The number of carbonyl (C=O) groups excluding carboxylic acids is 2. The van der Waals surface area contributed by atoms with Crippen molar-refractivity contribution in [3.63, 3.8) is 0 Å². The van der Waals surface area contributed by atoms with Crippen LogP contribution in [0.5, 0.6) is 5.75 Å². The summed E-state index contributed by atoms with van der Waals surface area (Å²) in [5.41, 5.74) is 2.96. The summed E-state index contributed by atoms with van der Waals surface area (Å²) in [6.07, 6.45) is 1.37. The quantitative estimate of drug-likeness (QED) is 0.880. The molecule has 0 radical (unpaired) electrons. The van der Waals surface area contributed by atoms with Gasteiger partial charge in [-0.05, 0) is 31.0 Å². The molecular formula is C20H22N2O3. The Morgan fingerprint density at radius 2 is 2.04 bits per heavy atom. The van der Waals surface area contributed by atoms with Gasteiger partial charge in [-0.3, -0.25) is 9.59 Å². The highest BCUT2D eigenvalue weighted by Gasteiger charge is 2.22. The molecular weight excluding hydrogens is 316 g/mol. The summed E-state index contributed by atoms with van der Waals surface area (Å²) in [5.74, 6) is 0.549. The van der Waals surface area contributed by atoms with E-state index in [0.717, 1.165) is 12.0 Å². The van der Waals surface area contributed by atoms with E-state index in [1.54, 1.807) is 11.0 Å². The fourth-order valence-corrected chi connectivity index (χ4v) is 2.88. The van der Waals surface area contributed by atoms with Crippen LogP contribution in [0.1, 0.15) is 24.0 Å². The Bertz CT molecular complexity index is 773. The van der Waals surface area contributed by atoms with Gasteiger partial charge in [-0.15, -0.1) is 0 Å². The molecule has 0 aliphatic carbocycles. The molecule has 3 rings (SSSR count). The van der Waals surface area contributed by atoms with Gasteiger partial charge in [0.05, 0.1) is 6.54 Å². The molecule has 1 saturated heterocycles. The summed E-state index contributed by atoms with van der Waals surface area (Å²) in [6.45, 7) is 3.28. The lowest BCUT2D eigenvalue weighted by Gasteiger charge is -2.15. The van der Waals surface area contributed by atoms with Crippen LogP contribution in [0.2, 0.25) is 0 Å². The summed E-state index contributed by atoms with van der Waals surface area (Å²) < 4.78 is 5.80. The molecule has 5 nitrogen and oxygen atoms in total. The van der Waals surface area contributed by atoms with Crippen molar-refractivity contribution in [2.24, 2.45) is 0 Å². The Morgan fingerprint density at radius 1 is 1.20 bits per heavy atom. The van der Waals surface area contributed by atoms with Crippen LogP contribution in [0.3, 0.4) is 0 Å². The second-order valence-corrected chi connectivity index (χ2v) is 6.27. The van der Waals surface area contributed by atoms with E-state index in [1.165, 1.54) is 5.56 Å². The van der Waals surface area contributed by atoms with Gasteiger partial charge in [0, 0.05) is 24.7 Å². The van der Waals surface area contributed by atoms with Crippen LogP contribution >= 0.6 is 0 Å². The number of hydrogen-bond donors (Lipinski definition) is 1. The molecule has 0 aromatic heterocycles. The van der Waals surface area contributed by atoms with E-state index < -0.39 is 0 Å². The van der Waals surface area contributed by atoms with E-state index in [0.29, 0.717) is 31.0 Å². The molecule has 1 fully saturated rings. The van der Waals surface area contributed by atoms with Crippen LogP contribution in [-0.2, 0) is 16.2 Å². The topological polar surface area (TPSA) is 58.6 Å². The summed E-state index contributed by atoms with van der Waals surface area (Å²) >= 11 is 0. The number of amides is 2. The molecule has 0 atom stereocenters. The first-order valence-corrected chi connectivity index (χ1v) is 8.46. The number of carbonyl (C=O) groups is 2. The molecule has 0 unspecified atom stereocenters. The second-order valence-electron chi connectivity index (χ2n) is 6.27. The van der Waals surface area contributed by atoms with Gasteiger partial charge >= 0.3 is 0 Å². The molecule has 2 aromatic rings. The van der Waals surface area contributed by atoms with Crippen LogP contribution in [-0.4, -0.2) is 29.8 Å². The van der Waals surface area contributed by atoms with Crippen LogP contribution in [0.25, 0.3) is 0 Å². The summed E-state index contributed by atoms with van der Waals surface area (Å²) in [4.78, 5) is 25.3. The molecule has 2 aromatic carbocycles. The SMILES string of the molecule is Cc1cccc(COc2cccc(NC(=O)CN3CCCC3=O)c2)c1. The fraction of sp³-hybridized carbons (Fsp3) is 0.300. The number of nitrogens with zero attached hydrogens (tertiary/aromatic N) is 1. The van der Waals surface area contributed by atoms with E-state index in [2.05, 4.69) is 11.4 Å². The highest BCUT2D eigenvalue weighted by Crippen LogP contribution is 2.19. The Balaban J connectivity index is 1.55. The third kappa shape index (κ3) is 4.83. The lowest BCUT2D eigenvalue weighted by Crippen LogP contribution is -2.33. The van der Waals surface area contributed by atoms with Crippen molar-refractivity contribution in [2.75, 3.05) is 18.4 Å². The third-order valence-corrected chi connectivity index (χ3v) is 4.11. The lowest BCUT2D eigenvalue weighted by molar-refractivity contribution is -0.131. The normalized spacial score (nSPS) is 13.8. The van der Waals surface area contributed by atoms with Crippen molar-refractivity contribution in [2.45, 2.75) is 26.4 Å². The van der Waals surface area contributed by atoms with Crippen LogP contribution in [0, 0.1) is 6.92 Å². The molecule has 130 valence electrons. The minimum Gasteiger partial charge on any atom is -0.489 e. The number of nitrogens with one attached hydrogen (secondary N) is 1. The largest absolute Gasteiger partial charge is 0.489 e. The summed E-state index contributed by atoms with van der Waals surface area (Å²) in [6, 6.07) is 15.4. The van der Waals surface area contributed by atoms with Gasteiger partial charge < -0.3 is 15.0 Å². The minimum absolute atomic E-state index is 0.0467. The number of anilines is 1. The average molecular weight is 338 g/mol. The highest BCUT2D eigenvalue weighted by atomic mass is 16.5. The maximum absolute atomic E-state index is 12.1. The fourth-order valence-electron chi connectivity index (χ4n) is 2.88. The van der Waals surface area contributed by atoms with Gasteiger partial charge in [0.25, 0.3) is 0 Å². The molecule has 25 heavy (non-hydrogen) atoms. The predicted octanol–water partition coefficient (Wildman–Crippen LogP) is 3.13. The summed E-state index contributed by atoms with van der Waals surface area (Å²) in [5, 5.41) is 2.82. The lowest BCUT2D eigenvalue weighted by atomic mass is 10.1. The molecule has 1 aliphatic heterocycles. The van der Waals surface area contributed by atoms with Crippen molar-refractivity contribution < 1.29 is 14.3 Å². The number of hydrogen-bond acceptors (Lipinski definition) is 3. The number of benzene rings is 2. The van der Waals surface area contributed by atoms with E-state index in [-0.39, 0.29) is 18.4 Å². The standard InChI is InChI=1S/C20H22N2O3/c1-15-5-2-6-16(11-15)14-25-18-8-3-7-17(12-18)21-19(23)13-22-10-4-9-20(22)24/h2-3,5-8,11-12H,4,9-10,13-14H2,1H3,(H,21,23). The first-order chi connectivity index (χ1) is 12.1. The van der Waals surface area contributed by atoms with Gasteiger partial charge in [-0.1, -0.05) is 35.9 Å². The van der Waals surface area contributed by atoms with Gasteiger partial charge in [0.2, 0.25) is 11.8 Å². The van der Waals surface area contributed by atoms with Gasteiger partial charge in [-0.25, -0.2) is 0 Å². The zero-order chi connectivity index (χ0) is 17.6. The zero-order valence-corrected chi connectivity index (χ0v) is 14.3. The Hall–Kier alpha value is -2.82. The van der Waals surface area contributed by atoms with Crippen molar-refractivity contribution >= 4 is 17.5 Å². The van der Waals surface area contributed by atoms with Gasteiger partial charge in [-0.2, -0.15) is 0 Å². The van der Waals surface area contributed by atoms with Crippen molar-refractivity contribution in [3.05, 3.63) is 59.7 Å². The maximum atomic E-state index is 12.1. The molecule has 0 saturated carbocycles.